The Hall–Kier alpha value is -2.32. The minimum Gasteiger partial charge on any atom is -0.348 e. The predicted molar refractivity (Wildman–Crippen MR) is 112 cm³/mol. The number of pyridine rings is 1. The number of carbonyl (C=O) groups excluding carboxylic acids is 1. The van der Waals surface area contributed by atoms with Crippen LogP contribution < -0.4 is 5.32 Å². The van der Waals surface area contributed by atoms with Gasteiger partial charge in [0.1, 0.15) is 0 Å². The summed E-state index contributed by atoms with van der Waals surface area (Å²) < 4.78 is 5.11. The topological polar surface area (TPSA) is 87.4 Å². The van der Waals surface area contributed by atoms with Gasteiger partial charge in [-0.1, -0.05) is 18.1 Å². The number of hydrogen-bond acceptors (Lipinski definition) is 7. The molecule has 1 atom stereocenters. The second-order valence-corrected chi connectivity index (χ2v) is 8.38. The van der Waals surface area contributed by atoms with E-state index in [1.807, 2.05) is 25.4 Å². The predicted octanol–water partition coefficient (Wildman–Crippen LogP) is 2.02. The summed E-state index contributed by atoms with van der Waals surface area (Å²) in [5.74, 6) is 1.31. The highest BCUT2D eigenvalue weighted by molar-refractivity contribution is 5.78. The van der Waals surface area contributed by atoms with E-state index in [9.17, 15) is 4.79 Å². The molecule has 162 valence electrons. The van der Waals surface area contributed by atoms with Crippen LogP contribution in [0, 0.1) is 5.92 Å². The molecular formula is C22H32N6O2. The molecule has 0 bridgehead atoms. The molecule has 2 aromatic rings. The molecular weight excluding hydrogens is 380 g/mol. The maximum atomic E-state index is 12.7. The zero-order valence-electron chi connectivity index (χ0n) is 17.8. The zero-order valence-corrected chi connectivity index (χ0v) is 17.8. The van der Waals surface area contributed by atoms with Crippen LogP contribution in [0.3, 0.4) is 0 Å². The van der Waals surface area contributed by atoms with Crippen molar-refractivity contribution in [3.63, 3.8) is 0 Å². The van der Waals surface area contributed by atoms with Gasteiger partial charge in [0.2, 0.25) is 11.8 Å². The minimum absolute atomic E-state index is 0.0460. The summed E-state index contributed by atoms with van der Waals surface area (Å²) in [4.78, 5) is 26.2. The van der Waals surface area contributed by atoms with Gasteiger partial charge in [-0.25, -0.2) is 0 Å². The molecule has 0 aromatic carbocycles. The van der Waals surface area contributed by atoms with E-state index in [2.05, 4.69) is 36.3 Å². The van der Waals surface area contributed by atoms with Crippen LogP contribution in [0.15, 0.2) is 29.0 Å². The fourth-order valence-corrected chi connectivity index (χ4v) is 4.56. The highest BCUT2D eigenvalue weighted by Gasteiger charge is 2.31. The van der Waals surface area contributed by atoms with Crippen LogP contribution in [-0.4, -0.2) is 63.1 Å². The Kier molecular flexibility index (Phi) is 7.07. The average Bonchev–Trinajstić information content (AvgIpc) is 3.27. The van der Waals surface area contributed by atoms with Gasteiger partial charge in [-0.15, -0.1) is 0 Å². The number of likely N-dealkylation sites (tertiary alicyclic amines) is 2. The van der Waals surface area contributed by atoms with Gasteiger partial charge in [0.15, 0.2) is 5.82 Å². The van der Waals surface area contributed by atoms with E-state index < -0.39 is 0 Å². The second kappa shape index (κ2) is 10.1. The van der Waals surface area contributed by atoms with E-state index >= 15 is 0 Å². The van der Waals surface area contributed by atoms with E-state index in [0.29, 0.717) is 30.7 Å². The molecule has 2 fully saturated rings. The first-order valence-electron chi connectivity index (χ1n) is 11.2. The van der Waals surface area contributed by atoms with Crippen LogP contribution in [0.2, 0.25) is 0 Å². The number of aryl methyl sites for hydroxylation is 1. The maximum absolute atomic E-state index is 12.7. The summed E-state index contributed by atoms with van der Waals surface area (Å²) in [6, 6.07) is 4.72. The summed E-state index contributed by atoms with van der Waals surface area (Å²) in [6.45, 7) is 7.44. The third-order valence-electron chi connectivity index (χ3n) is 6.26. The van der Waals surface area contributed by atoms with E-state index in [4.69, 9.17) is 4.52 Å². The molecule has 4 rings (SSSR count). The van der Waals surface area contributed by atoms with Gasteiger partial charge < -0.3 is 9.84 Å². The van der Waals surface area contributed by atoms with Crippen LogP contribution in [0.1, 0.15) is 49.9 Å². The first kappa shape index (κ1) is 20.9. The molecule has 2 aromatic heterocycles. The van der Waals surface area contributed by atoms with Crippen LogP contribution >= 0.6 is 0 Å². The summed E-state index contributed by atoms with van der Waals surface area (Å²) in [6.07, 6.45) is 8.85. The van der Waals surface area contributed by atoms with Gasteiger partial charge in [0, 0.05) is 37.9 Å². The largest absolute Gasteiger partial charge is 0.348 e. The molecule has 1 unspecified atom stereocenters. The number of rotatable bonds is 7. The molecule has 0 radical (unpaired) electrons. The quantitative estimate of drug-likeness (QED) is 0.744. The number of nitrogens with one attached hydrogen (secondary N) is 1. The van der Waals surface area contributed by atoms with Crippen molar-refractivity contribution in [3.05, 3.63) is 41.8 Å². The highest BCUT2D eigenvalue weighted by atomic mass is 16.5. The summed E-state index contributed by atoms with van der Waals surface area (Å²) in [7, 11) is 0. The lowest BCUT2D eigenvalue weighted by Crippen LogP contribution is -2.50. The Morgan fingerprint density at radius 1 is 1.27 bits per heavy atom. The Labute approximate surface area is 178 Å². The molecule has 2 saturated heterocycles. The maximum Gasteiger partial charge on any atom is 0.226 e. The van der Waals surface area contributed by atoms with Crippen molar-refractivity contribution in [2.45, 2.75) is 58.2 Å². The molecule has 0 spiro atoms. The Bertz CT molecular complexity index is 803. The SMILES string of the molecule is CCc1nc(CNC(=O)C2CCCN(C3CCN(Cc4cccnc4)CC3)C2)no1. The average molecular weight is 413 g/mol. The molecule has 1 amide bonds. The van der Waals surface area contributed by atoms with Gasteiger partial charge >= 0.3 is 0 Å². The molecule has 1 N–H and O–H groups in total. The van der Waals surface area contributed by atoms with Gasteiger partial charge in [-0.3, -0.25) is 19.6 Å². The Balaban J connectivity index is 1.22. The van der Waals surface area contributed by atoms with Gasteiger partial charge in [-0.2, -0.15) is 4.98 Å². The number of aromatic nitrogens is 3. The lowest BCUT2D eigenvalue weighted by molar-refractivity contribution is -0.127. The van der Waals surface area contributed by atoms with Gasteiger partial charge in [0.25, 0.3) is 0 Å². The number of carbonyl (C=O) groups is 1. The van der Waals surface area contributed by atoms with E-state index in [-0.39, 0.29) is 11.8 Å². The Morgan fingerprint density at radius 2 is 2.13 bits per heavy atom. The fourth-order valence-electron chi connectivity index (χ4n) is 4.56. The lowest BCUT2D eigenvalue weighted by atomic mass is 9.93. The van der Waals surface area contributed by atoms with Crippen LogP contribution in [0.25, 0.3) is 0 Å². The Morgan fingerprint density at radius 3 is 2.87 bits per heavy atom. The summed E-state index contributed by atoms with van der Waals surface area (Å²) >= 11 is 0. The molecule has 0 saturated carbocycles. The second-order valence-electron chi connectivity index (χ2n) is 8.38. The summed E-state index contributed by atoms with van der Waals surface area (Å²) in [5.41, 5.74) is 1.28. The first-order valence-corrected chi connectivity index (χ1v) is 11.2. The molecule has 0 aliphatic carbocycles. The molecule has 8 heteroatoms. The fraction of sp³-hybridized carbons (Fsp3) is 0.636. The molecule has 8 nitrogen and oxygen atoms in total. The van der Waals surface area contributed by atoms with Crippen molar-refractivity contribution >= 4 is 5.91 Å². The van der Waals surface area contributed by atoms with Crippen molar-refractivity contribution in [1.82, 2.24) is 30.2 Å². The lowest BCUT2D eigenvalue weighted by Gasteiger charge is -2.42. The molecule has 30 heavy (non-hydrogen) atoms. The smallest absolute Gasteiger partial charge is 0.226 e. The van der Waals surface area contributed by atoms with Crippen molar-refractivity contribution < 1.29 is 9.32 Å². The third-order valence-corrected chi connectivity index (χ3v) is 6.26. The number of piperidine rings is 2. The molecule has 4 heterocycles. The van der Waals surface area contributed by atoms with E-state index in [0.717, 1.165) is 58.4 Å². The molecule has 2 aliphatic heterocycles. The standard InChI is InChI=1S/C22H32N6O2/c1-2-21-25-20(26-30-21)14-24-22(29)18-6-4-10-28(16-18)19-7-11-27(12-8-19)15-17-5-3-9-23-13-17/h3,5,9,13,18-19H,2,4,6-8,10-12,14-16H2,1H3,(H,24,29). The highest BCUT2D eigenvalue weighted by Crippen LogP contribution is 2.24. The number of hydrogen-bond donors (Lipinski definition) is 1. The van der Waals surface area contributed by atoms with Crippen LogP contribution in [-0.2, 0) is 24.3 Å². The zero-order chi connectivity index (χ0) is 20.8. The summed E-state index contributed by atoms with van der Waals surface area (Å²) in [5, 5.41) is 6.91. The van der Waals surface area contributed by atoms with Crippen LogP contribution in [0.4, 0.5) is 0 Å². The first-order chi connectivity index (χ1) is 14.7. The third kappa shape index (κ3) is 5.43. The van der Waals surface area contributed by atoms with Crippen molar-refractivity contribution in [1.29, 1.82) is 0 Å². The van der Waals surface area contributed by atoms with Crippen molar-refractivity contribution in [3.8, 4) is 0 Å². The number of nitrogens with zero attached hydrogens (tertiary/aromatic N) is 5. The number of amides is 1. The van der Waals surface area contributed by atoms with Crippen molar-refractivity contribution in [2.24, 2.45) is 5.92 Å². The monoisotopic (exact) mass is 412 g/mol. The minimum atomic E-state index is 0.0460. The van der Waals surface area contributed by atoms with E-state index in [1.54, 1.807) is 0 Å². The molecule has 2 aliphatic rings. The van der Waals surface area contributed by atoms with Crippen molar-refractivity contribution in [2.75, 3.05) is 26.2 Å². The normalized spacial score (nSPS) is 21.6. The van der Waals surface area contributed by atoms with E-state index in [1.165, 1.54) is 5.56 Å². The van der Waals surface area contributed by atoms with Crippen LogP contribution in [0.5, 0.6) is 0 Å². The van der Waals surface area contributed by atoms with Gasteiger partial charge in [0.05, 0.1) is 12.5 Å². The van der Waals surface area contributed by atoms with Gasteiger partial charge in [-0.05, 0) is 56.9 Å².